The molecule has 0 radical (unpaired) electrons. The summed E-state index contributed by atoms with van der Waals surface area (Å²) in [6.45, 7) is 11.9. The molecule has 0 saturated carbocycles. The molecule has 3 amide bonds. The zero-order chi connectivity index (χ0) is 28.0. The number of nitrogens with one attached hydrogen (secondary N) is 3. The molecule has 9 nitrogen and oxygen atoms in total. The second kappa shape index (κ2) is 16.5. The molecule has 0 aliphatic carbocycles. The first kappa shape index (κ1) is 31.8. The fourth-order valence-electron chi connectivity index (χ4n) is 3.84. The molecule has 0 aliphatic heterocycles. The van der Waals surface area contributed by atoms with E-state index in [1.807, 2.05) is 58.0 Å². The van der Waals surface area contributed by atoms with Crippen molar-refractivity contribution in [2.45, 2.75) is 78.0 Å². The number of carboxylic acids is 1. The molecule has 0 fully saturated rings. The zero-order valence-corrected chi connectivity index (χ0v) is 22.4. The third kappa shape index (κ3) is 13.1. The Bertz CT molecular complexity index is 887. The molecule has 0 aliphatic rings. The minimum atomic E-state index is -1.39. The van der Waals surface area contributed by atoms with Crippen LogP contribution in [0.25, 0.3) is 0 Å². The second-order valence-corrected chi connectivity index (χ2v) is 10.3. The van der Waals surface area contributed by atoms with Crippen molar-refractivity contribution in [3.05, 3.63) is 48.6 Å². The molecule has 1 rings (SSSR count). The maximum absolute atomic E-state index is 12.9. The van der Waals surface area contributed by atoms with E-state index in [9.17, 15) is 29.4 Å². The molecule has 9 heteroatoms. The molecule has 1 aromatic carbocycles. The number of aliphatic carboxylic acids is 1. The summed E-state index contributed by atoms with van der Waals surface area (Å²) in [5, 5.41) is 28.6. The van der Waals surface area contributed by atoms with Gasteiger partial charge in [0.05, 0.1) is 18.6 Å². The number of carbonyl (C=O) groups excluding carboxylic acids is 3. The highest BCUT2D eigenvalue weighted by atomic mass is 16.4. The molecule has 5 N–H and O–H groups in total. The highest BCUT2D eigenvalue weighted by molar-refractivity contribution is 5.88. The average molecular weight is 518 g/mol. The van der Waals surface area contributed by atoms with Crippen LogP contribution >= 0.6 is 0 Å². The summed E-state index contributed by atoms with van der Waals surface area (Å²) in [6, 6.07) is 7.07. The Hall–Kier alpha value is -3.20. The highest BCUT2D eigenvalue weighted by Crippen LogP contribution is 2.18. The molecule has 37 heavy (non-hydrogen) atoms. The van der Waals surface area contributed by atoms with E-state index in [2.05, 4.69) is 22.5 Å². The molecule has 206 valence electrons. The van der Waals surface area contributed by atoms with Gasteiger partial charge in [0.25, 0.3) is 0 Å². The topological polar surface area (TPSA) is 145 Å². The third-order valence-electron chi connectivity index (χ3n) is 5.76. The first-order valence-corrected chi connectivity index (χ1v) is 12.8. The van der Waals surface area contributed by atoms with Crippen molar-refractivity contribution < 1.29 is 29.4 Å². The molecule has 4 atom stereocenters. The Balaban J connectivity index is 3.00. The van der Waals surface area contributed by atoms with Crippen molar-refractivity contribution in [2.24, 2.45) is 17.8 Å². The van der Waals surface area contributed by atoms with Crippen LogP contribution in [0.5, 0.6) is 0 Å². The van der Waals surface area contributed by atoms with Crippen molar-refractivity contribution >= 4 is 23.7 Å². The monoisotopic (exact) mass is 517 g/mol. The van der Waals surface area contributed by atoms with Crippen LogP contribution in [-0.2, 0) is 25.6 Å². The van der Waals surface area contributed by atoms with E-state index in [-0.39, 0.29) is 37.0 Å². The smallest absolute Gasteiger partial charge is 0.326 e. The second-order valence-electron chi connectivity index (χ2n) is 10.3. The molecule has 1 aromatic rings. The fourth-order valence-corrected chi connectivity index (χ4v) is 3.84. The lowest BCUT2D eigenvalue weighted by atomic mass is 9.90. The van der Waals surface area contributed by atoms with Gasteiger partial charge in [-0.3, -0.25) is 14.4 Å². The van der Waals surface area contributed by atoms with Gasteiger partial charge in [-0.05, 0) is 36.7 Å². The van der Waals surface area contributed by atoms with E-state index in [0.717, 1.165) is 5.56 Å². The fraction of sp³-hybridized carbons (Fsp3) is 0.571. The standard InChI is InChI=1S/C28H43N3O6/c1-6-10-21(27(35)29-17-19(4)5)15-24(32)22(14-20-11-8-7-9-12-20)30-26(34)16-23(28(36)37)31-25(33)13-18(2)3/h6-9,11-12,18-19,21-24,32H,1,10,13-17H2,2-5H3,(H,29,35)(H,30,34)(H,31,33)(H,36,37)/t21-,22+,23+,24+/m1/s1. The lowest BCUT2D eigenvalue weighted by Crippen LogP contribution is -2.50. The van der Waals surface area contributed by atoms with Crippen molar-refractivity contribution in [1.82, 2.24) is 16.0 Å². The molecule has 0 spiro atoms. The quantitative estimate of drug-likeness (QED) is 0.201. The van der Waals surface area contributed by atoms with Crippen LogP contribution in [0.1, 0.15) is 58.9 Å². The van der Waals surface area contributed by atoms with Crippen LogP contribution in [0.4, 0.5) is 0 Å². The van der Waals surface area contributed by atoms with E-state index in [0.29, 0.717) is 13.0 Å². The van der Waals surface area contributed by atoms with E-state index >= 15 is 0 Å². The summed E-state index contributed by atoms with van der Waals surface area (Å²) in [6.07, 6.45) is 0.912. The van der Waals surface area contributed by atoms with Gasteiger partial charge in [0.15, 0.2) is 0 Å². The molecule has 0 bridgehead atoms. The number of aliphatic hydroxyl groups is 1. The zero-order valence-electron chi connectivity index (χ0n) is 22.4. The first-order valence-electron chi connectivity index (χ1n) is 12.8. The molecule has 0 aromatic heterocycles. The van der Waals surface area contributed by atoms with Crippen LogP contribution < -0.4 is 16.0 Å². The predicted molar refractivity (Wildman–Crippen MR) is 142 cm³/mol. The normalized spacial score (nSPS) is 14.4. The Labute approximate surface area is 220 Å². The summed E-state index contributed by atoms with van der Waals surface area (Å²) < 4.78 is 0. The largest absolute Gasteiger partial charge is 0.480 e. The van der Waals surface area contributed by atoms with Gasteiger partial charge in [0, 0.05) is 18.9 Å². The van der Waals surface area contributed by atoms with Gasteiger partial charge in [-0.2, -0.15) is 0 Å². The van der Waals surface area contributed by atoms with Gasteiger partial charge in [-0.1, -0.05) is 64.1 Å². The van der Waals surface area contributed by atoms with Crippen LogP contribution in [0.2, 0.25) is 0 Å². The van der Waals surface area contributed by atoms with Gasteiger partial charge in [-0.15, -0.1) is 6.58 Å². The number of carboxylic acid groups (broad SMARTS) is 1. The minimum absolute atomic E-state index is 0.0370. The number of hydrogen-bond acceptors (Lipinski definition) is 5. The Kier molecular flexibility index (Phi) is 14.2. The third-order valence-corrected chi connectivity index (χ3v) is 5.76. The lowest BCUT2D eigenvalue weighted by Gasteiger charge is -2.28. The number of allylic oxidation sites excluding steroid dienone is 1. The average Bonchev–Trinajstić information content (AvgIpc) is 2.81. The van der Waals surface area contributed by atoms with Crippen LogP contribution in [0.15, 0.2) is 43.0 Å². The molecular formula is C28H43N3O6. The van der Waals surface area contributed by atoms with E-state index in [1.54, 1.807) is 6.08 Å². The van der Waals surface area contributed by atoms with Crippen LogP contribution in [0.3, 0.4) is 0 Å². The lowest BCUT2D eigenvalue weighted by molar-refractivity contribution is -0.143. The summed E-state index contributed by atoms with van der Waals surface area (Å²) in [4.78, 5) is 49.3. The Morgan fingerprint density at radius 2 is 1.57 bits per heavy atom. The molecule has 0 saturated heterocycles. The number of hydrogen-bond donors (Lipinski definition) is 5. The number of amides is 3. The van der Waals surface area contributed by atoms with Gasteiger partial charge in [0.2, 0.25) is 17.7 Å². The number of carbonyl (C=O) groups is 4. The van der Waals surface area contributed by atoms with E-state index in [4.69, 9.17) is 0 Å². The molecule has 0 heterocycles. The summed E-state index contributed by atoms with van der Waals surface area (Å²) in [5.74, 6) is -2.82. The van der Waals surface area contributed by atoms with Gasteiger partial charge >= 0.3 is 5.97 Å². The van der Waals surface area contributed by atoms with Crippen LogP contribution in [0, 0.1) is 17.8 Å². The maximum atomic E-state index is 12.9. The van der Waals surface area contributed by atoms with E-state index in [1.165, 1.54) is 0 Å². The molecule has 0 unspecified atom stereocenters. The highest BCUT2D eigenvalue weighted by Gasteiger charge is 2.30. The van der Waals surface area contributed by atoms with Crippen molar-refractivity contribution in [1.29, 1.82) is 0 Å². The van der Waals surface area contributed by atoms with Crippen molar-refractivity contribution in [3.63, 3.8) is 0 Å². The molecular weight excluding hydrogens is 474 g/mol. The number of benzene rings is 1. The first-order chi connectivity index (χ1) is 17.4. The summed E-state index contributed by atoms with van der Waals surface area (Å²) in [5.41, 5.74) is 0.858. The number of aliphatic hydroxyl groups excluding tert-OH is 1. The van der Waals surface area contributed by atoms with Crippen molar-refractivity contribution in [2.75, 3.05) is 6.54 Å². The Morgan fingerprint density at radius 3 is 2.11 bits per heavy atom. The maximum Gasteiger partial charge on any atom is 0.326 e. The van der Waals surface area contributed by atoms with Crippen molar-refractivity contribution in [3.8, 4) is 0 Å². The van der Waals surface area contributed by atoms with Gasteiger partial charge in [-0.25, -0.2) is 4.79 Å². The van der Waals surface area contributed by atoms with Crippen LogP contribution in [-0.4, -0.2) is 58.6 Å². The van der Waals surface area contributed by atoms with E-state index < -0.39 is 48.3 Å². The van der Waals surface area contributed by atoms with Gasteiger partial charge < -0.3 is 26.2 Å². The predicted octanol–water partition coefficient (Wildman–Crippen LogP) is 2.44. The minimum Gasteiger partial charge on any atom is -0.480 e. The SMILES string of the molecule is C=CC[C@H](C[C@H](O)[C@H](Cc1ccccc1)NC(=O)C[C@H](NC(=O)CC(C)C)C(=O)O)C(=O)NCC(C)C. The number of rotatable bonds is 17. The Morgan fingerprint density at radius 1 is 0.946 bits per heavy atom. The van der Waals surface area contributed by atoms with Gasteiger partial charge in [0.1, 0.15) is 6.04 Å². The summed E-state index contributed by atoms with van der Waals surface area (Å²) in [7, 11) is 0. The summed E-state index contributed by atoms with van der Waals surface area (Å²) >= 11 is 0.